The molecule has 10 aromatic carbocycles. The molecule has 0 radical (unpaired) electrons. The van der Waals surface area contributed by atoms with Gasteiger partial charge in [0.2, 0.25) is 0 Å². The van der Waals surface area contributed by atoms with E-state index in [4.69, 9.17) is 33.9 Å². The molecule has 5 aliphatic heterocycles. The zero-order valence-corrected chi connectivity index (χ0v) is 73.0. The fraction of sp³-hybridized carbons (Fsp3) is 0.337. The number of likely N-dealkylation sites (N-methyl/N-ethyl adjacent to an activating group) is 7. The molecule has 5 fully saturated rings. The number of nitrogens with zero attached hydrogens (tertiary/aromatic N) is 5. The van der Waals surface area contributed by atoms with Crippen LogP contribution in [-0.2, 0) is 57.2 Å². The summed E-state index contributed by atoms with van der Waals surface area (Å²) in [5.74, 6) is -2.54. The highest BCUT2D eigenvalue weighted by Gasteiger charge is 2.51. The minimum atomic E-state index is -0.833. The zero-order valence-electron chi connectivity index (χ0n) is 73.0. The molecule has 5 heterocycles. The Labute approximate surface area is 719 Å². The van der Waals surface area contributed by atoms with Crippen LogP contribution in [0.2, 0.25) is 0 Å². The summed E-state index contributed by atoms with van der Waals surface area (Å²) in [5.41, 5.74) is 8.03. The van der Waals surface area contributed by atoms with Gasteiger partial charge in [0, 0.05) is 0 Å². The minimum Gasteiger partial charge on any atom is -0.480 e. The van der Waals surface area contributed by atoms with Crippen molar-refractivity contribution in [2.24, 2.45) is 0 Å². The van der Waals surface area contributed by atoms with Crippen LogP contribution in [0.4, 0.5) is 0 Å². The van der Waals surface area contributed by atoms with Crippen molar-refractivity contribution in [1.29, 1.82) is 0 Å². The SMILES string of the molecule is CN1C(c2ccccc2)C(c2ccccc2)OC(=O)C1(C)C.CN1C(c2ccccc2)C(c2ccccc2)OC(=O)C1(C)C.CN1CC(=O)OC(c2ccccc2)C1c1ccccc1.CNC(C)(C)C(=O)O.CNC(C)(C)C(=O)O.C[C@H]1C(=O)OC(c2ccccc2)C(c2ccccc2)N1C.C[C@H]1C(=O)OC(c2ccccc2)C(c2ccccc2)N1C. The largest absolute Gasteiger partial charge is 0.480 e. The van der Waals surface area contributed by atoms with E-state index in [0.717, 1.165) is 55.6 Å². The van der Waals surface area contributed by atoms with Crippen LogP contribution in [0.3, 0.4) is 0 Å². The van der Waals surface area contributed by atoms with Crippen LogP contribution in [-0.4, -0.2) is 167 Å². The monoisotopic (exact) mass is 1650 g/mol. The molecule has 0 aliphatic carbocycles. The third-order valence-corrected chi connectivity index (χ3v) is 23.5. The van der Waals surface area contributed by atoms with Gasteiger partial charge in [-0.15, -0.1) is 0 Å². The first-order valence-corrected chi connectivity index (χ1v) is 41.1. The van der Waals surface area contributed by atoms with Gasteiger partial charge in [-0.25, -0.2) is 0 Å². The van der Waals surface area contributed by atoms with Gasteiger partial charge in [0.15, 0.2) is 0 Å². The van der Waals surface area contributed by atoms with Gasteiger partial charge in [-0.05, 0) is 174 Å². The highest BCUT2D eigenvalue weighted by Crippen LogP contribution is 2.48. The molecule has 642 valence electrons. The maximum Gasteiger partial charge on any atom is 0.326 e. The molecule has 15 rings (SSSR count). The van der Waals surface area contributed by atoms with Crippen LogP contribution in [0.25, 0.3) is 0 Å². The molecule has 0 saturated carbocycles. The number of nitrogens with one attached hydrogen (secondary N) is 2. The number of carboxylic acids is 2. The summed E-state index contributed by atoms with van der Waals surface area (Å²) in [7, 11) is 13.2. The second kappa shape index (κ2) is 43.1. The Morgan fingerprint density at radius 1 is 0.320 bits per heavy atom. The van der Waals surface area contributed by atoms with Crippen molar-refractivity contribution >= 4 is 41.8 Å². The van der Waals surface area contributed by atoms with E-state index in [1.165, 1.54) is 0 Å². The minimum absolute atomic E-state index is 0.00343. The lowest BCUT2D eigenvalue weighted by molar-refractivity contribution is -0.184. The molecule has 10 unspecified atom stereocenters. The third-order valence-electron chi connectivity index (χ3n) is 23.5. The van der Waals surface area contributed by atoms with E-state index < -0.39 is 34.1 Å². The van der Waals surface area contributed by atoms with E-state index in [0.29, 0.717) is 6.54 Å². The molecule has 5 saturated heterocycles. The van der Waals surface area contributed by atoms with Gasteiger partial charge >= 0.3 is 41.8 Å². The Kier molecular flexibility index (Phi) is 33.2. The normalized spacial score (nSPS) is 23.3. The quantitative estimate of drug-likeness (QED) is 0.0584. The van der Waals surface area contributed by atoms with Crippen molar-refractivity contribution in [3.05, 3.63) is 359 Å². The van der Waals surface area contributed by atoms with Crippen molar-refractivity contribution in [2.75, 3.05) is 55.9 Å². The average molecular weight is 1660 g/mol. The highest BCUT2D eigenvalue weighted by molar-refractivity contribution is 5.82. The molecular weight excluding hydrogens is 1540 g/mol. The molecule has 0 bridgehead atoms. The van der Waals surface area contributed by atoms with Gasteiger partial charge in [-0.3, -0.25) is 58.1 Å². The van der Waals surface area contributed by atoms with Crippen LogP contribution in [0, 0.1) is 0 Å². The van der Waals surface area contributed by atoms with Crippen molar-refractivity contribution < 1.29 is 67.5 Å². The molecule has 0 spiro atoms. The summed E-state index contributed by atoms with van der Waals surface area (Å²) in [5, 5.41) is 22.0. The summed E-state index contributed by atoms with van der Waals surface area (Å²) < 4.78 is 28.8. The Morgan fingerprint density at radius 2 is 0.516 bits per heavy atom. The number of carboxylic acid groups (broad SMARTS) is 2. The lowest BCUT2D eigenvalue weighted by Gasteiger charge is -2.47. The third kappa shape index (κ3) is 23.5. The predicted molar refractivity (Wildman–Crippen MR) is 475 cm³/mol. The number of rotatable bonds is 14. The van der Waals surface area contributed by atoms with Crippen molar-refractivity contribution in [1.82, 2.24) is 35.1 Å². The molecule has 122 heavy (non-hydrogen) atoms. The summed E-state index contributed by atoms with van der Waals surface area (Å²) in [6.07, 6.45) is -1.40. The number of morpholine rings is 5. The number of ether oxygens (including phenoxy) is 5. The number of carbonyl (C=O) groups excluding carboxylic acids is 5. The maximum atomic E-state index is 12.4. The Hall–Kier alpha value is -11.8. The first-order valence-electron chi connectivity index (χ1n) is 41.1. The Bertz CT molecular complexity index is 4690. The van der Waals surface area contributed by atoms with Gasteiger partial charge in [0.1, 0.15) is 64.8 Å². The first kappa shape index (κ1) is 94.1. The number of aliphatic carboxylic acids is 2. The van der Waals surface area contributed by atoms with Gasteiger partial charge < -0.3 is 44.5 Å². The maximum absolute atomic E-state index is 12.4. The summed E-state index contributed by atoms with van der Waals surface area (Å²) in [6, 6.07) is 100. The lowest BCUT2D eigenvalue weighted by atomic mass is 9.88. The smallest absolute Gasteiger partial charge is 0.326 e. The summed E-state index contributed by atoms with van der Waals surface area (Å²) >= 11 is 0. The van der Waals surface area contributed by atoms with Crippen LogP contribution < -0.4 is 10.6 Å². The van der Waals surface area contributed by atoms with Crippen LogP contribution in [0.15, 0.2) is 303 Å². The van der Waals surface area contributed by atoms with E-state index in [1.807, 2.05) is 319 Å². The number of hydrogen-bond acceptors (Lipinski definition) is 19. The zero-order chi connectivity index (χ0) is 88.6. The Morgan fingerprint density at radius 3 is 0.730 bits per heavy atom. The first-order chi connectivity index (χ1) is 58.2. The van der Waals surface area contributed by atoms with E-state index in [-0.39, 0.29) is 103 Å². The van der Waals surface area contributed by atoms with Crippen LogP contribution in [0.5, 0.6) is 0 Å². The van der Waals surface area contributed by atoms with E-state index in [1.54, 1.807) is 41.8 Å². The van der Waals surface area contributed by atoms with E-state index in [9.17, 15) is 33.6 Å². The van der Waals surface area contributed by atoms with E-state index in [2.05, 4.69) is 95.8 Å². The highest BCUT2D eigenvalue weighted by atomic mass is 16.6. The van der Waals surface area contributed by atoms with Crippen molar-refractivity contribution in [3.63, 3.8) is 0 Å². The number of benzene rings is 10. The molecule has 21 heteroatoms. The predicted octanol–water partition coefficient (Wildman–Crippen LogP) is 17.3. The Balaban J connectivity index is 0.000000166. The second-order valence-electron chi connectivity index (χ2n) is 32.9. The standard InChI is InChI=1S/2C19H21NO2.2C18H19NO2.C17H17NO2.2C5H11NO2/c2*1-19(2)18(21)22-17(15-12-8-5-9-13-15)16(20(19)3)14-10-6-4-7-11-14;2*1-13-18(20)21-17(15-11-7-4-8-12-15)16(19(13)2)14-9-5-3-6-10-14;1-18-12-15(19)20-17(14-10-6-3-7-11-14)16(18)13-8-4-2-5-9-13;2*1-5(2,6-3)4(7)8/h2*4-13,16-17H,1-3H3;2*3-13,16-17H,1-2H3;2-11,16-17H,12H2,1H3;2*6H,1-3H3,(H,7,8)/t;;2*13-,16?,17?;;;/m..00.../s1. The molecule has 10 aromatic rings. The fourth-order valence-electron chi connectivity index (χ4n) is 14.6. The number of carbonyl (C=O) groups is 7. The van der Waals surface area contributed by atoms with E-state index >= 15 is 0 Å². The van der Waals surface area contributed by atoms with Crippen molar-refractivity contribution in [3.8, 4) is 0 Å². The number of cyclic esters (lactones) is 5. The molecule has 12 atom stereocenters. The molecular formula is C101H119N7O14. The lowest BCUT2D eigenvalue weighted by Crippen LogP contribution is -2.56. The summed E-state index contributed by atoms with van der Waals surface area (Å²) in [4.78, 5) is 91.7. The van der Waals surface area contributed by atoms with Crippen LogP contribution >= 0.6 is 0 Å². The van der Waals surface area contributed by atoms with Crippen LogP contribution in [0.1, 0.15) is 186 Å². The second-order valence-corrected chi connectivity index (χ2v) is 32.9. The molecule has 21 nitrogen and oxygen atoms in total. The molecule has 0 aromatic heterocycles. The molecule has 0 amide bonds. The molecule has 5 aliphatic rings. The molecule has 4 N–H and O–H groups in total. The summed E-state index contributed by atoms with van der Waals surface area (Å²) in [6.45, 7) is 18.2. The number of hydrogen-bond donors (Lipinski definition) is 4. The van der Waals surface area contributed by atoms with Gasteiger partial charge in [-0.2, -0.15) is 0 Å². The van der Waals surface area contributed by atoms with Gasteiger partial charge in [-0.1, -0.05) is 303 Å². The topological polar surface area (TPSA) is 246 Å². The van der Waals surface area contributed by atoms with Gasteiger partial charge in [0.25, 0.3) is 0 Å². The fourth-order valence-corrected chi connectivity index (χ4v) is 14.6. The average Bonchev–Trinajstić information content (AvgIpc) is 0.746. The van der Waals surface area contributed by atoms with Crippen molar-refractivity contribution in [2.45, 2.75) is 164 Å². The van der Waals surface area contributed by atoms with Gasteiger partial charge in [0.05, 0.1) is 36.8 Å². The number of esters is 5.